The average Bonchev–Trinajstić information content (AvgIpc) is 3.24. The molecule has 0 N–H and O–H groups in total. The second-order valence-electron chi connectivity index (χ2n) is 7.93. The number of hydrogen-bond acceptors (Lipinski definition) is 10. The van der Waals surface area contributed by atoms with Gasteiger partial charge in [0.05, 0.1) is 43.7 Å². The van der Waals surface area contributed by atoms with Crippen molar-refractivity contribution < 1.29 is 21.0 Å². The molecule has 0 aliphatic carbocycles. The third kappa shape index (κ3) is 18.2. The summed E-state index contributed by atoms with van der Waals surface area (Å²) in [4.78, 5) is 0. The van der Waals surface area contributed by atoms with E-state index in [2.05, 4.69) is 53.0 Å². The molecule has 2 fully saturated rings. The van der Waals surface area contributed by atoms with Crippen LogP contribution in [-0.4, -0.2) is 55.3 Å². The van der Waals surface area contributed by atoms with Gasteiger partial charge in [0.15, 0.2) is 0 Å². The first kappa shape index (κ1) is 39.1. The number of thioether (sulfide) groups is 4. The molecule has 199 valence electrons. The standard InChI is InChI=1S/C16H36N.2C3H2S5.Ni/c1-5-9-13-17(14-10-6-2,15-11-7-3)16-12-8-4;2*4-1-2(5)8-3(6)7-1;/h5-16H2,1-4H3;2*1,4H;/q+1;;;+3. The van der Waals surface area contributed by atoms with E-state index in [1.54, 1.807) is 23.5 Å². The normalized spacial score (nSPS) is 19.8. The van der Waals surface area contributed by atoms with Gasteiger partial charge in [0.2, 0.25) is 0 Å². The van der Waals surface area contributed by atoms with Crippen LogP contribution in [0.1, 0.15) is 79.1 Å². The monoisotopic (exact) mass is 696 g/mol. The van der Waals surface area contributed by atoms with Gasteiger partial charge in [-0.25, -0.2) is 0 Å². The second kappa shape index (κ2) is 23.8. The smallest absolute Gasteiger partial charge is 0.324 e. The van der Waals surface area contributed by atoms with E-state index in [1.165, 1.54) is 106 Å². The van der Waals surface area contributed by atoms with Crippen molar-refractivity contribution >= 4 is 137 Å². The van der Waals surface area contributed by atoms with Crippen molar-refractivity contribution in [2.45, 2.75) is 88.2 Å². The molecule has 2 unspecified atom stereocenters. The maximum Gasteiger partial charge on any atom is 3.00 e. The third-order valence-corrected chi connectivity index (χ3v) is 13.2. The summed E-state index contributed by atoms with van der Waals surface area (Å²) in [6, 6.07) is 0. The van der Waals surface area contributed by atoms with Crippen molar-refractivity contribution in [3.63, 3.8) is 0 Å². The molecule has 0 aromatic carbocycles. The first-order valence-electron chi connectivity index (χ1n) is 11.7. The van der Waals surface area contributed by atoms with Gasteiger partial charge in [-0.15, -0.1) is 0 Å². The second-order valence-corrected chi connectivity index (χ2v) is 17.8. The number of rotatable bonds is 12. The summed E-state index contributed by atoms with van der Waals surface area (Å²) in [5.74, 6) is 0. The summed E-state index contributed by atoms with van der Waals surface area (Å²) in [6.45, 7) is 15.0. The summed E-state index contributed by atoms with van der Waals surface area (Å²) in [6.07, 6.45) is 11.1. The Morgan fingerprint density at radius 1 is 0.618 bits per heavy atom. The van der Waals surface area contributed by atoms with Crippen LogP contribution < -0.4 is 0 Å². The minimum absolute atomic E-state index is 0. The maximum atomic E-state index is 4.90. The zero-order valence-electron chi connectivity index (χ0n) is 20.6. The van der Waals surface area contributed by atoms with Crippen LogP contribution in [0.5, 0.6) is 0 Å². The molecule has 12 heteroatoms. The van der Waals surface area contributed by atoms with Gasteiger partial charge in [-0.05, 0) is 25.7 Å². The number of quaternary nitrogens is 1. The van der Waals surface area contributed by atoms with Crippen LogP contribution in [0.2, 0.25) is 0 Å². The molecule has 0 amide bonds. The Hall–Kier alpha value is 2.91. The van der Waals surface area contributed by atoms with E-state index in [1.807, 2.05) is 0 Å². The topological polar surface area (TPSA) is 0 Å². The number of thiol groups is 2. The summed E-state index contributed by atoms with van der Waals surface area (Å²) in [7, 11) is 0. The van der Waals surface area contributed by atoms with Crippen LogP contribution in [0.3, 0.4) is 0 Å². The molecule has 2 atom stereocenters. The van der Waals surface area contributed by atoms with E-state index in [0.29, 0.717) is 0 Å². The molecule has 2 aliphatic heterocycles. The predicted octanol–water partition coefficient (Wildman–Crippen LogP) is 9.67. The minimum atomic E-state index is 0. The van der Waals surface area contributed by atoms with Crippen molar-refractivity contribution in [1.82, 2.24) is 0 Å². The van der Waals surface area contributed by atoms with Gasteiger partial charge in [-0.3, -0.25) is 0 Å². The maximum absolute atomic E-state index is 4.90. The van der Waals surface area contributed by atoms with Crippen LogP contribution in [0, 0.1) is 0 Å². The van der Waals surface area contributed by atoms with Crippen molar-refractivity contribution in [2.24, 2.45) is 0 Å². The molecule has 0 aromatic rings. The Morgan fingerprint density at radius 2 is 0.882 bits per heavy atom. The van der Waals surface area contributed by atoms with E-state index in [0.717, 1.165) is 15.5 Å². The van der Waals surface area contributed by atoms with E-state index in [-0.39, 0.29) is 25.7 Å². The molecule has 0 spiro atoms. The van der Waals surface area contributed by atoms with Gasteiger partial charge in [0, 0.05) is 0 Å². The largest absolute Gasteiger partial charge is 3.00 e. The fraction of sp³-hybridized carbons (Fsp3) is 0.818. The molecule has 2 saturated heterocycles. The number of unbranched alkanes of at least 4 members (excludes halogenated alkanes) is 4. The van der Waals surface area contributed by atoms with Gasteiger partial charge in [0.25, 0.3) is 0 Å². The molecule has 1 nitrogen and oxygen atoms in total. The Labute approximate surface area is 269 Å². The van der Waals surface area contributed by atoms with Gasteiger partial charge in [0.1, 0.15) is 7.06 Å². The molecule has 0 bridgehead atoms. The van der Waals surface area contributed by atoms with Crippen LogP contribution in [0.15, 0.2) is 0 Å². The number of hydrogen-bond donors (Lipinski definition) is 2. The molecular formula is C22H40NNiS10+4. The van der Waals surface area contributed by atoms with Crippen LogP contribution >= 0.6 is 121 Å². The predicted molar refractivity (Wildman–Crippen MR) is 186 cm³/mol. The van der Waals surface area contributed by atoms with Gasteiger partial charge in [-0.2, -0.15) is 25.3 Å². The number of nitrogens with zero attached hydrogens (tertiary/aromatic N) is 1. The summed E-state index contributed by atoms with van der Waals surface area (Å²) in [5, 5.41) is 0. The molecule has 2 rings (SSSR count). The Bertz CT molecular complexity index is 545. The zero-order valence-corrected chi connectivity index (χ0v) is 29.9. The summed E-state index contributed by atoms with van der Waals surface area (Å²) < 4.78 is 5.31. The first-order chi connectivity index (χ1) is 15.6. The fourth-order valence-corrected chi connectivity index (χ4v) is 10.7. The Morgan fingerprint density at radius 3 is 1.00 bits per heavy atom. The molecule has 34 heavy (non-hydrogen) atoms. The number of thiocarbonyl (C=S) groups is 4. The third-order valence-electron chi connectivity index (χ3n) is 5.13. The van der Waals surface area contributed by atoms with Gasteiger partial charge in [-0.1, -0.05) is 149 Å². The average molecular weight is 698 g/mol. The molecule has 0 saturated carbocycles. The zero-order chi connectivity index (χ0) is 25.3. The quantitative estimate of drug-likeness (QED) is 0.0885. The summed E-state index contributed by atoms with van der Waals surface area (Å²) >= 11 is 33.9. The Balaban J connectivity index is 0. The van der Waals surface area contributed by atoms with E-state index in [9.17, 15) is 0 Å². The van der Waals surface area contributed by atoms with Crippen molar-refractivity contribution in [1.29, 1.82) is 0 Å². The van der Waals surface area contributed by atoms with Gasteiger partial charge < -0.3 is 4.48 Å². The van der Waals surface area contributed by atoms with Crippen molar-refractivity contribution in [2.75, 3.05) is 26.2 Å². The Kier molecular flexibility index (Phi) is 27.3. The first-order valence-corrected chi connectivity index (χ1v) is 17.8. The van der Waals surface area contributed by atoms with Crippen molar-refractivity contribution in [3.8, 4) is 0 Å². The SMILES string of the molecule is CCCC[N+](CCCC)(CCCC)CCCC.S=C1SC(=S)C(S)S1.S=C1SC(=S)C(S)S1.[Ni+3]. The molecule has 2 aliphatic rings. The van der Waals surface area contributed by atoms with Gasteiger partial charge >= 0.3 is 16.5 Å². The molecular weight excluding hydrogens is 658 g/mol. The van der Waals surface area contributed by atoms with Crippen LogP contribution in [-0.2, 0) is 16.5 Å². The molecule has 1 radical (unpaired) electrons. The molecule has 2 heterocycles. The van der Waals surface area contributed by atoms with Crippen LogP contribution in [0.4, 0.5) is 0 Å². The fourth-order valence-electron chi connectivity index (χ4n) is 3.24. The van der Waals surface area contributed by atoms with Crippen LogP contribution in [0.25, 0.3) is 0 Å². The van der Waals surface area contributed by atoms with E-state index < -0.39 is 0 Å². The van der Waals surface area contributed by atoms with E-state index in [4.69, 9.17) is 48.9 Å². The van der Waals surface area contributed by atoms with Crippen molar-refractivity contribution in [3.05, 3.63) is 0 Å². The van der Waals surface area contributed by atoms with E-state index >= 15 is 0 Å². The summed E-state index contributed by atoms with van der Waals surface area (Å²) in [5.41, 5.74) is 0. The minimum Gasteiger partial charge on any atom is -0.324 e. The molecule has 0 aromatic heterocycles.